The predicted octanol–water partition coefficient (Wildman–Crippen LogP) is 1.87. The van der Waals surface area contributed by atoms with Crippen LogP contribution in [0.1, 0.15) is 31.0 Å². The number of anilines is 1. The maximum absolute atomic E-state index is 5.79. The second-order valence-corrected chi connectivity index (χ2v) is 3.71. The van der Waals surface area contributed by atoms with Crippen LogP contribution in [0, 0.1) is 6.92 Å². The Balaban J connectivity index is 3.01. The van der Waals surface area contributed by atoms with Crippen LogP contribution in [-0.4, -0.2) is 18.6 Å². The Kier molecular flexibility index (Phi) is 3.47. The van der Waals surface area contributed by atoms with Gasteiger partial charge < -0.3 is 10.6 Å². The van der Waals surface area contributed by atoms with Gasteiger partial charge in [0.15, 0.2) is 0 Å². The molecule has 0 radical (unpaired) electrons. The van der Waals surface area contributed by atoms with E-state index in [1.54, 1.807) is 0 Å². The summed E-state index contributed by atoms with van der Waals surface area (Å²) in [6, 6.07) is 2.17. The summed E-state index contributed by atoms with van der Waals surface area (Å²) in [6.07, 6.45) is 1.86. The molecule has 1 rings (SSSR count). The summed E-state index contributed by atoms with van der Waals surface area (Å²) in [7, 11) is 2.04. The first-order valence-electron chi connectivity index (χ1n) is 4.99. The lowest BCUT2D eigenvalue weighted by molar-refractivity contribution is 0.806. The van der Waals surface area contributed by atoms with E-state index in [-0.39, 0.29) is 6.04 Å². The van der Waals surface area contributed by atoms with Crippen molar-refractivity contribution in [2.24, 2.45) is 5.73 Å². The van der Waals surface area contributed by atoms with E-state index in [0.717, 1.165) is 17.9 Å². The molecule has 0 spiro atoms. The van der Waals surface area contributed by atoms with E-state index < -0.39 is 0 Å². The van der Waals surface area contributed by atoms with Crippen LogP contribution in [0.3, 0.4) is 0 Å². The van der Waals surface area contributed by atoms with Gasteiger partial charge in [-0.05, 0) is 38.0 Å². The first-order valence-corrected chi connectivity index (χ1v) is 4.99. The Labute approximate surface area is 85.9 Å². The minimum Gasteiger partial charge on any atom is -0.360 e. The van der Waals surface area contributed by atoms with E-state index in [2.05, 4.69) is 29.8 Å². The highest BCUT2D eigenvalue weighted by Crippen LogP contribution is 2.18. The number of aromatic nitrogens is 1. The van der Waals surface area contributed by atoms with Crippen LogP contribution in [-0.2, 0) is 0 Å². The number of nitrogens with zero attached hydrogens (tertiary/aromatic N) is 2. The Morgan fingerprint density at radius 2 is 2.21 bits per heavy atom. The topological polar surface area (TPSA) is 42.2 Å². The van der Waals surface area contributed by atoms with Crippen molar-refractivity contribution in [2.45, 2.75) is 26.8 Å². The largest absolute Gasteiger partial charge is 0.360 e. The summed E-state index contributed by atoms with van der Waals surface area (Å²) in [5, 5.41) is 0. The predicted molar refractivity (Wildman–Crippen MR) is 60.5 cm³/mol. The van der Waals surface area contributed by atoms with Gasteiger partial charge in [0.1, 0.15) is 5.82 Å². The number of nitrogens with two attached hydrogens (primary N) is 1. The standard InChI is InChI=1S/C11H19N3/c1-5-14(4)11-8(2)6-10(7-13-11)9(3)12/h6-7,9H,5,12H2,1-4H3/t9-/m1/s1. The van der Waals surface area contributed by atoms with Gasteiger partial charge in [-0.3, -0.25) is 0 Å². The molecule has 0 aliphatic heterocycles. The third-order valence-electron chi connectivity index (χ3n) is 2.43. The molecule has 78 valence electrons. The second-order valence-electron chi connectivity index (χ2n) is 3.71. The van der Waals surface area contributed by atoms with Gasteiger partial charge in [0.25, 0.3) is 0 Å². The van der Waals surface area contributed by atoms with Crippen molar-refractivity contribution >= 4 is 5.82 Å². The van der Waals surface area contributed by atoms with Gasteiger partial charge in [0, 0.05) is 25.8 Å². The maximum atomic E-state index is 5.79. The van der Waals surface area contributed by atoms with Gasteiger partial charge in [-0.2, -0.15) is 0 Å². The first-order chi connectivity index (χ1) is 6.56. The van der Waals surface area contributed by atoms with Crippen LogP contribution in [0.15, 0.2) is 12.3 Å². The SMILES string of the molecule is CCN(C)c1ncc([C@@H](C)N)cc1C. The van der Waals surface area contributed by atoms with E-state index in [0.29, 0.717) is 0 Å². The minimum absolute atomic E-state index is 0.0576. The van der Waals surface area contributed by atoms with Crippen molar-refractivity contribution in [1.82, 2.24) is 4.98 Å². The average molecular weight is 193 g/mol. The smallest absolute Gasteiger partial charge is 0.131 e. The van der Waals surface area contributed by atoms with E-state index in [1.807, 2.05) is 20.2 Å². The number of hydrogen-bond acceptors (Lipinski definition) is 3. The highest BCUT2D eigenvalue weighted by Gasteiger charge is 2.07. The van der Waals surface area contributed by atoms with E-state index >= 15 is 0 Å². The molecule has 0 aliphatic carbocycles. The molecular weight excluding hydrogens is 174 g/mol. The number of pyridine rings is 1. The normalized spacial score (nSPS) is 12.6. The number of rotatable bonds is 3. The Hall–Kier alpha value is -1.09. The summed E-state index contributed by atoms with van der Waals surface area (Å²) in [5.74, 6) is 1.04. The third kappa shape index (κ3) is 2.23. The molecule has 0 aromatic carbocycles. The van der Waals surface area contributed by atoms with Gasteiger partial charge in [0.2, 0.25) is 0 Å². The van der Waals surface area contributed by atoms with Crippen molar-refractivity contribution < 1.29 is 0 Å². The molecule has 3 nitrogen and oxygen atoms in total. The summed E-state index contributed by atoms with van der Waals surface area (Å²) < 4.78 is 0. The van der Waals surface area contributed by atoms with Crippen molar-refractivity contribution in [3.8, 4) is 0 Å². The lowest BCUT2D eigenvalue weighted by atomic mass is 10.1. The average Bonchev–Trinajstić information content (AvgIpc) is 2.16. The summed E-state index contributed by atoms with van der Waals surface area (Å²) in [5.41, 5.74) is 8.07. The molecule has 0 fully saturated rings. The highest BCUT2D eigenvalue weighted by molar-refractivity contribution is 5.46. The molecule has 14 heavy (non-hydrogen) atoms. The second kappa shape index (κ2) is 4.42. The van der Waals surface area contributed by atoms with Gasteiger partial charge >= 0.3 is 0 Å². The van der Waals surface area contributed by atoms with E-state index in [4.69, 9.17) is 5.73 Å². The van der Waals surface area contributed by atoms with Crippen LogP contribution in [0.5, 0.6) is 0 Å². The van der Waals surface area contributed by atoms with Crippen molar-refractivity contribution in [3.63, 3.8) is 0 Å². The molecule has 0 bridgehead atoms. The molecule has 0 saturated heterocycles. The number of hydrogen-bond donors (Lipinski definition) is 1. The van der Waals surface area contributed by atoms with Crippen LogP contribution in [0.4, 0.5) is 5.82 Å². The Morgan fingerprint density at radius 1 is 1.57 bits per heavy atom. The zero-order valence-corrected chi connectivity index (χ0v) is 9.41. The zero-order chi connectivity index (χ0) is 10.7. The quantitative estimate of drug-likeness (QED) is 0.796. The molecule has 1 atom stereocenters. The highest BCUT2D eigenvalue weighted by atomic mass is 15.2. The monoisotopic (exact) mass is 193 g/mol. The fraction of sp³-hybridized carbons (Fsp3) is 0.545. The fourth-order valence-corrected chi connectivity index (χ4v) is 1.39. The number of aryl methyl sites for hydroxylation is 1. The fourth-order valence-electron chi connectivity index (χ4n) is 1.39. The maximum Gasteiger partial charge on any atom is 0.131 e. The van der Waals surface area contributed by atoms with Gasteiger partial charge in [-0.15, -0.1) is 0 Å². The first kappa shape index (κ1) is 11.0. The third-order valence-corrected chi connectivity index (χ3v) is 2.43. The van der Waals surface area contributed by atoms with Gasteiger partial charge in [-0.25, -0.2) is 4.98 Å². The van der Waals surface area contributed by atoms with Gasteiger partial charge in [0.05, 0.1) is 0 Å². The van der Waals surface area contributed by atoms with Crippen LogP contribution < -0.4 is 10.6 Å². The molecule has 0 unspecified atom stereocenters. The summed E-state index contributed by atoms with van der Waals surface area (Å²) in [4.78, 5) is 6.54. The Morgan fingerprint density at radius 3 is 2.64 bits per heavy atom. The summed E-state index contributed by atoms with van der Waals surface area (Å²) >= 11 is 0. The zero-order valence-electron chi connectivity index (χ0n) is 9.41. The lowest BCUT2D eigenvalue weighted by Crippen LogP contribution is -2.19. The van der Waals surface area contributed by atoms with Crippen LogP contribution in [0.2, 0.25) is 0 Å². The van der Waals surface area contributed by atoms with Gasteiger partial charge in [-0.1, -0.05) is 0 Å². The molecule has 1 heterocycles. The van der Waals surface area contributed by atoms with Crippen LogP contribution in [0.25, 0.3) is 0 Å². The molecule has 0 saturated carbocycles. The van der Waals surface area contributed by atoms with Crippen molar-refractivity contribution in [3.05, 3.63) is 23.4 Å². The molecule has 0 amide bonds. The molecular formula is C11H19N3. The van der Waals surface area contributed by atoms with Crippen molar-refractivity contribution in [1.29, 1.82) is 0 Å². The minimum atomic E-state index is 0.0576. The van der Waals surface area contributed by atoms with Crippen LogP contribution >= 0.6 is 0 Å². The molecule has 0 aliphatic rings. The molecule has 1 aromatic rings. The molecule has 3 heteroatoms. The van der Waals surface area contributed by atoms with Crippen molar-refractivity contribution in [2.75, 3.05) is 18.5 Å². The molecule has 2 N–H and O–H groups in total. The lowest BCUT2D eigenvalue weighted by Gasteiger charge is -2.19. The Bertz CT molecular complexity index is 307. The van der Waals surface area contributed by atoms with E-state index in [9.17, 15) is 0 Å². The van der Waals surface area contributed by atoms with E-state index in [1.165, 1.54) is 5.56 Å². The summed E-state index contributed by atoms with van der Waals surface area (Å²) in [6.45, 7) is 7.12. The molecule has 1 aromatic heterocycles.